The zero-order valence-corrected chi connectivity index (χ0v) is 15.4. The van der Waals surface area contributed by atoms with Crippen molar-refractivity contribution in [2.24, 2.45) is 0 Å². The third-order valence-corrected chi connectivity index (χ3v) is 4.17. The van der Waals surface area contributed by atoms with E-state index in [4.69, 9.17) is 9.47 Å². The minimum atomic E-state index is -0.438. The van der Waals surface area contributed by atoms with Gasteiger partial charge in [-0.25, -0.2) is 0 Å². The predicted molar refractivity (Wildman–Crippen MR) is 102 cm³/mol. The number of carbonyl (C=O) groups is 2. The monoisotopic (exact) mass is 366 g/mol. The number of carbonyl (C=O) groups excluding carboxylic acids is 2. The van der Waals surface area contributed by atoms with E-state index in [0.717, 1.165) is 34.4 Å². The number of rotatable bonds is 5. The van der Waals surface area contributed by atoms with Gasteiger partial charge >= 0.3 is 0 Å². The summed E-state index contributed by atoms with van der Waals surface area (Å²) in [7, 11) is 0. The molecule has 0 bridgehead atoms. The van der Waals surface area contributed by atoms with E-state index in [-0.39, 0.29) is 6.61 Å². The van der Waals surface area contributed by atoms with Gasteiger partial charge in [0.2, 0.25) is 0 Å². The number of hydrazine groups is 1. The van der Waals surface area contributed by atoms with Gasteiger partial charge < -0.3 is 9.47 Å². The summed E-state index contributed by atoms with van der Waals surface area (Å²) in [6, 6.07) is 11.5. The minimum absolute atomic E-state index is 0.181. The number of nitrogens with one attached hydrogen (secondary N) is 2. The first kappa shape index (κ1) is 18.5. The molecule has 1 aliphatic rings. The van der Waals surface area contributed by atoms with Crippen LogP contribution in [0.3, 0.4) is 0 Å². The largest absolute Gasteiger partial charge is 0.493 e. The first-order valence-electron chi connectivity index (χ1n) is 8.74. The normalized spacial score (nSPS) is 12.4. The highest BCUT2D eigenvalue weighted by molar-refractivity contribution is 5.93. The third-order valence-electron chi connectivity index (χ3n) is 4.17. The standard InChI is InChI=1S/C21H22N2O4/c1-14-3-4-15(2)19(11-14)27-13-21(25)23-22-20(24)8-6-16-5-7-18-17(12-16)9-10-26-18/h3-8,11-12H,9-10,13H2,1-2H3,(H,22,24)(H,23,25)/b8-6+. The van der Waals surface area contributed by atoms with Gasteiger partial charge in [0, 0.05) is 12.5 Å². The molecule has 2 aromatic rings. The maximum atomic E-state index is 11.8. The van der Waals surface area contributed by atoms with Crippen LogP contribution in [0.25, 0.3) is 6.08 Å². The van der Waals surface area contributed by atoms with Gasteiger partial charge in [-0.05, 0) is 60.4 Å². The molecular formula is C21H22N2O4. The van der Waals surface area contributed by atoms with Crippen LogP contribution in [-0.2, 0) is 16.0 Å². The highest BCUT2D eigenvalue weighted by Gasteiger charge is 2.11. The molecule has 0 saturated carbocycles. The van der Waals surface area contributed by atoms with Crippen LogP contribution < -0.4 is 20.3 Å². The minimum Gasteiger partial charge on any atom is -0.493 e. The Labute approximate surface area is 158 Å². The van der Waals surface area contributed by atoms with E-state index in [1.54, 1.807) is 6.08 Å². The molecular weight excluding hydrogens is 344 g/mol. The van der Waals surface area contributed by atoms with Crippen molar-refractivity contribution < 1.29 is 19.1 Å². The van der Waals surface area contributed by atoms with E-state index in [0.29, 0.717) is 12.4 Å². The summed E-state index contributed by atoms with van der Waals surface area (Å²) in [4.78, 5) is 23.7. The molecule has 6 nitrogen and oxygen atoms in total. The van der Waals surface area contributed by atoms with Crippen molar-refractivity contribution in [3.05, 3.63) is 64.7 Å². The molecule has 140 valence electrons. The number of hydrogen-bond donors (Lipinski definition) is 2. The summed E-state index contributed by atoms with van der Waals surface area (Å²) < 4.78 is 10.9. The first-order valence-corrected chi connectivity index (χ1v) is 8.74. The van der Waals surface area contributed by atoms with E-state index in [1.165, 1.54) is 6.08 Å². The van der Waals surface area contributed by atoms with Crippen LogP contribution in [0.5, 0.6) is 11.5 Å². The lowest BCUT2D eigenvalue weighted by Gasteiger charge is -2.10. The Morgan fingerprint density at radius 1 is 1.15 bits per heavy atom. The second-order valence-electron chi connectivity index (χ2n) is 6.39. The SMILES string of the molecule is Cc1ccc(C)c(OCC(=O)NNC(=O)/C=C/c2ccc3c(c2)CCO3)c1. The van der Waals surface area contributed by atoms with Crippen molar-refractivity contribution in [3.8, 4) is 11.5 Å². The second-order valence-corrected chi connectivity index (χ2v) is 6.39. The highest BCUT2D eigenvalue weighted by atomic mass is 16.5. The molecule has 2 amide bonds. The zero-order chi connectivity index (χ0) is 19.2. The van der Waals surface area contributed by atoms with Gasteiger partial charge in [-0.3, -0.25) is 20.4 Å². The molecule has 3 rings (SSSR count). The summed E-state index contributed by atoms with van der Waals surface area (Å²) in [5.74, 6) is 0.684. The lowest BCUT2D eigenvalue weighted by Crippen LogP contribution is -2.43. The zero-order valence-electron chi connectivity index (χ0n) is 15.4. The molecule has 27 heavy (non-hydrogen) atoms. The number of fused-ring (bicyclic) bond motifs is 1. The van der Waals surface area contributed by atoms with E-state index in [1.807, 2.05) is 50.2 Å². The Morgan fingerprint density at radius 3 is 2.85 bits per heavy atom. The molecule has 0 unspecified atom stereocenters. The predicted octanol–water partition coefficient (Wildman–Crippen LogP) is 2.48. The number of hydrogen-bond acceptors (Lipinski definition) is 4. The van der Waals surface area contributed by atoms with Crippen LogP contribution in [0.15, 0.2) is 42.5 Å². The number of aryl methyl sites for hydroxylation is 2. The van der Waals surface area contributed by atoms with Gasteiger partial charge in [0.25, 0.3) is 11.8 Å². The number of amides is 2. The van der Waals surface area contributed by atoms with Gasteiger partial charge in [0.1, 0.15) is 11.5 Å². The van der Waals surface area contributed by atoms with Crippen molar-refractivity contribution in [1.29, 1.82) is 0 Å². The Balaban J connectivity index is 1.44. The average Bonchev–Trinajstić information content (AvgIpc) is 3.13. The van der Waals surface area contributed by atoms with Gasteiger partial charge in [-0.1, -0.05) is 18.2 Å². The molecule has 1 aliphatic heterocycles. The number of benzene rings is 2. The van der Waals surface area contributed by atoms with E-state index in [9.17, 15) is 9.59 Å². The molecule has 0 aliphatic carbocycles. The van der Waals surface area contributed by atoms with Gasteiger partial charge in [0.15, 0.2) is 6.61 Å². The van der Waals surface area contributed by atoms with E-state index < -0.39 is 11.8 Å². The summed E-state index contributed by atoms with van der Waals surface area (Å²) in [6.07, 6.45) is 3.93. The quantitative estimate of drug-likeness (QED) is 0.630. The van der Waals surface area contributed by atoms with Crippen molar-refractivity contribution in [3.63, 3.8) is 0 Å². The molecule has 0 aromatic heterocycles. The number of ether oxygens (including phenoxy) is 2. The van der Waals surface area contributed by atoms with Crippen molar-refractivity contribution in [1.82, 2.24) is 10.9 Å². The van der Waals surface area contributed by atoms with Crippen LogP contribution in [0.1, 0.15) is 22.3 Å². The Kier molecular flexibility index (Phi) is 5.76. The fourth-order valence-electron chi connectivity index (χ4n) is 2.70. The maximum absolute atomic E-state index is 11.8. The Hall–Kier alpha value is -3.28. The van der Waals surface area contributed by atoms with Crippen molar-refractivity contribution in [2.45, 2.75) is 20.3 Å². The van der Waals surface area contributed by atoms with E-state index in [2.05, 4.69) is 10.9 Å². The van der Waals surface area contributed by atoms with E-state index >= 15 is 0 Å². The third kappa shape index (κ3) is 5.10. The lowest BCUT2D eigenvalue weighted by atomic mass is 10.1. The van der Waals surface area contributed by atoms with Crippen molar-refractivity contribution >= 4 is 17.9 Å². The van der Waals surface area contributed by atoms with Crippen LogP contribution >= 0.6 is 0 Å². The first-order chi connectivity index (χ1) is 13.0. The van der Waals surface area contributed by atoms with Crippen LogP contribution in [0.2, 0.25) is 0 Å². The second kappa shape index (κ2) is 8.40. The highest BCUT2D eigenvalue weighted by Crippen LogP contribution is 2.26. The van der Waals surface area contributed by atoms with Gasteiger partial charge in [-0.15, -0.1) is 0 Å². The lowest BCUT2D eigenvalue weighted by molar-refractivity contribution is -0.128. The molecule has 0 fully saturated rings. The molecule has 2 aromatic carbocycles. The molecule has 0 saturated heterocycles. The molecule has 0 radical (unpaired) electrons. The summed E-state index contributed by atoms with van der Waals surface area (Å²) in [6.45, 7) is 4.37. The maximum Gasteiger partial charge on any atom is 0.276 e. The Morgan fingerprint density at radius 2 is 2.00 bits per heavy atom. The molecule has 1 heterocycles. The van der Waals surface area contributed by atoms with Crippen LogP contribution in [0, 0.1) is 13.8 Å². The fourth-order valence-corrected chi connectivity index (χ4v) is 2.70. The summed E-state index contributed by atoms with van der Waals surface area (Å²) >= 11 is 0. The molecule has 2 N–H and O–H groups in total. The molecule has 0 atom stereocenters. The topological polar surface area (TPSA) is 76.7 Å². The summed E-state index contributed by atoms with van der Waals surface area (Å²) in [5, 5.41) is 0. The van der Waals surface area contributed by atoms with Crippen LogP contribution in [0.4, 0.5) is 0 Å². The molecule has 6 heteroatoms. The van der Waals surface area contributed by atoms with Crippen molar-refractivity contribution in [2.75, 3.05) is 13.2 Å². The molecule has 0 spiro atoms. The van der Waals surface area contributed by atoms with Gasteiger partial charge in [0.05, 0.1) is 6.61 Å². The average molecular weight is 366 g/mol. The van der Waals surface area contributed by atoms with Gasteiger partial charge in [-0.2, -0.15) is 0 Å². The fraction of sp³-hybridized carbons (Fsp3) is 0.238. The summed E-state index contributed by atoms with van der Waals surface area (Å²) in [5.41, 5.74) is 8.70. The van der Waals surface area contributed by atoms with Crippen LogP contribution in [-0.4, -0.2) is 25.0 Å². The Bertz CT molecular complexity index is 890. The smallest absolute Gasteiger partial charge is 0.276 e.